The molecular weight excluding hydrogens is 428 g/mol. The van der Waals surface area contributed by atoms with Crippen molar-refractivity contribution in [3.63, 3.8) is 0 Å². The molecule has 33 heavy (non-hydrogen) atoms. The lowest BCUT2D eigenvalue weighted by Gasteiger charge is -2.22. The van der Waals surface area contributed by atoms with Crippen molar-refractivity contribution in [3.8, 4) is 10.4 Å². The number of carbonyl (C=O) groups excluding carboxylic acids is 1. The van der Waals surface area contributed by atoms with Crippen LogP contribution in [0.1, 0.15) is 56.0 Å². The third-order valence-corrected chi connectivity index (χ3v) is 7.67. The first-order chi connectivity index (χ1) is 15.7. The van der Waals surface area contributed by atoms with Crippen molar-refractivity contribution in [2.24, 2.45) is 0 Å². The standard InChI is InChI=1S/C27H28N4OS/c1-14-9-23(26-29-21-11-17(4)18(5)12-22(21)30-26)31(13-14)27(32)24-25(33-19(6)28-24)20-8-7-15(2)16(3)10-20/h7-8,10-12,23H,1,9,13H2,2-6H3,(H,29,30). The molecule has 1 atom stereocenters. The fraction of sp³-hybridized carbons (Fsp3) is 0.296. The van der Waals surface area contributed by atoms with Gasteiger partial charge in [0, 0.05) is 6.54 Å². The van der Waals surface area contributed by atoms with Gasteiger partial charge in [-0.25, -0.2) is 9.97 Å². The van der Waals surface area contributed by atoms with Crippen LogP contribution in [0, 0.1) is 34.6 Å². The Kier molecular flexibility index (Phi) is 5.20. The highest BCUT2D eigenvalue weighted by molar-refractivity contribution is 7.15. The second-order valence-corrected chi connectivity index (χ2v) is 10.4. The Morgan fingerprint density at radius 2 is 1.76 bits per heavy atom. The van der Waals surface area contributed by atoms with Gasteiger partial charge in [-0.1, -0.05) is 30.4 Å². The zero-order chi connectivity index (χ0) is 23.4. The van der Waals surface area contributed by atoms with E-state index in [1.54, 1.807) is 11.3 Å². The SMILES string of the molecule is C=C1CC(c2nc3cc(C)c(C)cc3[nH]2)N(C(=O)c2nc(C)sc2-c2ccc(C)c(C)c2)C1. The fourth-order valence-electron chi connectivity index (χ4n) is 4.49. The summed E-state index contributed by atoms with van der Waals surface area (Å²) in [4.78, 5) is 29.6. The highest BCUT2D eigenvalue weighted by Gasteiger charge is 2.36. The molecule has 5 rings (SSSR count). The van der Waals surface area contributed by atoms with Gasteiger partial charge in [-0.3, -0.25) is 4.79 Å². The van der Waals surface area contributed by atoms with Gasteiger partial charge in [-0.15, -0.1) is 11.3 Å². The van der Waals surface area contributed by atoms with E-state index in [1.165, 1.54) is 22.3 Å². The van der Waals surface area contributed by atoms with E-state index in [2.05, 4.69) is 74.6 Å². The molecule has 6 heteroatoms. The number of aryl methyl sites for hydroxylation is 5. The normalized spacial score (nSPS) is 16.2. The quantitative estimate of drug-likeness (QED) is 0.364. The van der Waals surface area contributed by atoms with Crippen molar-refractivity contribution in [2.75, 3.05) is 6.54 Å². The van der Waals surface area contributed by atoms with E-state index in [0.29, 0.717) is 18.7 Å². The first-order valence-corrected chi connectivity index (χ1v) is 12.0. The minimum absolute atomic E-state index is 0.0657. The van der Waals surface area contributed by atoms with Gasteiger partial charge < -0.3 is 9.88 Å². The Morgan fingerprint density at radius 1 is 1.03 bits per heavy atom. The molecule has 0 bridgehead atoms. The number of nitrogens with zero attached hydrogens (tertiary/aromatic N) is 3. The van der Waals surface area contributed by atoms with E-state index in [4.69, 9.17) is 4.98 Å². The van der Waals surface area contributed by atoms with Crippen LogP contribution in [0.5, 0.6) is 0 Å². The maximum absolute atomic E-state index is 13.8. The van der Waals surface area contributed by atoms with Gasteiger partial charge in [-0.2, -0.15) is 0 Å². The van der Waals surface area contributed by atoms with E-state index in [0.717, 1.165) is 37.9 Å². The van der Waals surface area contributed by atoms with Gasteiger partial charge in [0.2, 0.25) is 0 Å². The first kappa shape index (κ1) is 21.6. The Labute approximate surface area is 198 Å². The number of carbonyl (C=O) groups is 1. The molecule has 168 valence electrons. The van der Waals surface area contributed by atoms with Crippen LogP contribution in [0.4, 0.5) is 0 Å². The number of likely N-dealkylation sites (tertiary alicyclic amines) is 1. The number of imidazole rings is 1. The van der Waals surface area contributed by atoms with Gasteiger partial charge in [0.25, 0.3) is 5.91 Å². The lowest BCUT2D eigenvalue weighted by Crippen LogP contribution is -2.31. The molecule has 0 spiro atoms. The summed E-state index contributed by atoms with van der Waals surface area (Å²) in [6.45, 7) is 15.0. The molecule has 0 saturated carbocycles. The maximum atomic E-state index is 13.8. The third-order valence-electron chi connectivity index (χ3n) is 6.65. The number of benzene rings is 2. The van der Waals surface area contributed by atoms with Crippen LogP contribution < -0.4 is 0 Å². The van der Waals surface area contributed by atoms with Crippen molar-refractivity contribution in [2.45, 2.75) is 47.1 Å². The minimum Gasteiger partial charge on any atom is -0.340 e. The number of aromatic amines is 1. The van der Waals surface area contributed by atoms with Crippen molar-refractivity contribution >= 4 is 28.3 Å². The molecule has 0 radical (unpaired) electrons. The van der Waals surface area contributed by atoms with Gasteiger partial charge in [0.15, 0.2) is 0 Å². The lowest BCUT2D eigenvalue weighted by molar-refractivity contribution is 0.0728. The lowest BCUT2D eigenvalue weighted by atomic mass is 10.0. The van der Waals surface area contributed by atoms with Crippen LogP contribution in [-0.2, 0) is 0 Å². The molecule has 1 aliphatic heterocycles. The van der Waals surface area contributed by atoms with E-state index in [1.807, 2.05) is 11.8 Å². The summed E-state index contributed by atoms with van der Waals surface area (Å²) in [5.41, 5.74) is 9.38. The van der Waals surface area contributed by atoms with Crippen LogP contribution in [0.15, 0.2) is 42.5 Å². The second-order valence-electron chi connectivity index (χ2n) is 9.19. The molecule has 1 fully saturated rings. The number of nitrogens with one attached hydrogen (secondary N) is 1. The molecule has 1 unspecified atom stereocenters. The fourth-order valence-corrected chi connectivity index (χ4v) is 5.40. The van der Waals surface area contributed by atoms with Crippen LogP contribution in [0.3, 0.4) is 0 Å². The minimum atomic E-state index is -0.173. The summed E-state index contributed by atoms with van der Waals surface area (Å²) in [5, 5.41) is 0.885. The summed E-state index contributed by atoms with van der Waals surface area (Å²) in [6, 6.07) is 10.4. The predicted octanol–water partition coefficient (Wildman–Crippen LogP) is 6.37. The Hall–Kier alpha value is -3.25. The van der Waals surface area contributed by atoms with Crippen molar-refractivity contribution in [1.29, 1.82) is 0 Å². The third kappa shape index (κ3) is 3.78. The zero-order valence-corrected chi connectivity index (χ0v) is 20.6. The summed E-state index contributed by atoms with van der Waals surface area (Å²) in [6.07, 6.45) is 0.700. The average Bonchev–Trinajstić information content (AvgIpc) is 3.46. The smallest absolute Gasteiger partial charge is 0.274 e. The molecular formula is C27H28N4OS. The van der Waals surface area contributed by atoms with Gasteiger partial charge >= 0.3 is 0 Å². The number of H-pyrrole nitrogens is 1. The molecule has 5 nitrogen and oxygen atoms in total. The van der Waals surface area contributed by atoms with Gasteiger partial charge in [-0.05, 0) is 81.0 Å². The molecule has 2 aromatic heterocycles. The molecule has 3 heterocycles. The summed E-state index contributed by atoms with van der Waals surface area (Å²) < 4.78 is 0. The summed E-state index contributed by atoms with van der Waals surface area (Å²) in [7, 11) is 0. The highest BCUT2D eigenvalue weighted by Crippen LogP contribution is 2.38. The molecule has 1 amide bonds. The van der Waals surface area contributed by atoms with Crippen LogP contribution >= 0.6 is 11.3 Å². The second kappa shape index (κ2) is 7.96. The maximum Gasteiger partial charge on any atom is 0.274 e. The monoisotopic (exact) mass is 456 g/mol. The molecule has 2 aromatic carbocycles. The van der Waals surface area contributed by atoms with Crippen LogP contribution in [0.2, 0.25) is 0 Å². The van der Waals surface area contributed by atoms with E-state index in [9.17, 15) is 4.79 Å². The number of thiazole rings is 1. The van der Waals surface area contributed by atoms with Gasteiger partial charge in [0.1, 0.15) is 11.5 Å². The van der Waals surface area contributed by atoms with Crippen LogP contribution in [0.25, 0.3) is 21.5 Å². The number of amides is 1. The zero-order valence-electron chi connectivity index (χ0n) is 19.7. The number of hydrogen-bond acceptors (Lipinski definition) is 4. The molecule has 1 saturated heterocycles. The van der Waals surface area contributed by atoms with Crippen LogP contribution in [-0.4, -0.2) is 32.3 Å². The molecule has 4 aromatic rings. The number of aromatic nitrogens is 3. The summed E-state index contributed by atoms with van der Waals surface area (Å²) in [5.74, 6) is 0.741. The summed E-state index contributed by atoms with van der Waals surface area (Å²) >= 11 is 1.57. The predicted molar refractivity (Wildman–Crippen MR) is 135 cm³/mol. The largest absolute Gasteiger partial charge is 0.340 e. The first-order valence-electron chi connectivity index (χ1n) is 11.2. The average molecular weight is 457 g/mol. The Balaban J connectivity index is 1.54. The number of rotatable bonds is 3. The Bertz CT molecular complexity index is 1390. The highest BCUT2D eigenvalue weighted by atomic mass is 32.1. The van der Waals surface area contributed by atoms with Crippen molar-refractivity contribution in [3.05, 3.63) is 81.3 Å². The number of hydrogen-bond donors (Lipinski definition) is 1. The van der Waals surface area contributed by atoms with Crippen molar-refractivity contribution in [1.82, 2.24) is 19.9 Å². The molecule has 1 N–H and O–H groups in total. The Morgan fingerprint density at radius 3 is 2.52 bits per heavy atom. The van der Waals surface area contributed by atoms with E-state index in [-0.39, 0.29) is 11.9 Å². The molecule has 0 aliphatic carbocycles. The topological polar surface area (TPSA) is 61.9 Å². The number of fused-ring (bicyclic) bond motifs is 1. The molecule has 1 aliphatic rings. The van der Waals surface area contributed by atoms with Crippen molar-refractivity contribution < 1.29 is 4.79 Å². The van der Waals surface area contributed by atoms with E-state index >= 15 is 0 Å². The van der Waals surface area contributed by atoms with Gasteiger partial charge in [0.05, 0.1) is 27.0 Å². The van der Waals surface area contributed by atoms with E-state index < -0.39 is 0 Å².